The van der Waals surface area contributed by atoms with Gasteiger partial charge in [-0.15, -0.1) is 0 Å². The van der Waals surface area contributed by atoms with Gasteiger partial charge in [-0.05, 0) is 42.7 Å². The highest BCUT2D eigenvalue weighted by Crippen LogP contribution is 2.24. The number of methoxy groups -OCH3 is 1. The average molecular weight is 480 g/mol. The maximum Gasteiger partial charge on any atom is 0.261 e. The lowest BCUT2D eigenvalue weighted by Crippen LogP contribution is -2.43. The van der Waals surface area contributed by atoms with Crippen molar-refractivity contribution < 1.29 is 23.9 Å². The molecule has 0 radical (unpaired) electrons. The van der Waals surface area contributed by atoms with E-state index in [1.807, 2.05) is 24.3 Å². The van der Waals surface area contributed by atoms with Crippen LogP contribution in [-0.4, -0.2) is 74.0 Å². The smallest absolute Gasteiger partial charge is 0.261 e. The van der Waals surface area contributed by atoms with E-state index < -0.39 is 0 Å². The number of unbranched alkanes of at least 4 members (excludes halogenated alkanes) is 2. The SMILES string of the molecule is COc1ccc([C@H](CNC(=O)CCCCCN2C(=O)c3ccccc3C2=O)N2CCOCC2)cc1. The second kappa shape index (κ2) is 12.0. The number of benzene rings is 2. The van der Waals surface area contributed by atoms with Gasteiger partial charge in [0.05, 0.1) is 37.5 Å². The van der Waals surface area contributed by atoms with Crippen LogP contribution in [0.15, 0.2) is 48.5 Å². The van der Waals surface area contributed by atoms with Gasteiger partial charge < -0.3 is 14.8 Å². The first-order valence-electron chi connectivity index (χ1n) is 12.3. The fourth-order valence-electron chi connectivity index (χ4n) is 4.65. The number of amides is 3. The third-order valence-electron chi connectivity index (χ3n) is 6.64. The van der Waals surface area contributed by atoms with Crippen LogP contribution in [0.1, 0.15) is 58.0 Å². The minimum absolute atomic E-state index is 0.0116. The first kappa shape index (κ1) is 24.9. The molecule has 2 aromatic rings. The van der Waals surface area contributed by atoms with E-state index >= 15 is 0 Å². The summed E-state index contributed by atoms with van der Waals surface area (Å²) in [7, 11) is 1.65. The van der Waals surface area contributed by atoms with Crippen LogP contribution in [0.3, 0.4) is 0 Å². The third-order valence-corrected chi connectivity index (χ3v) is 6.64. The van der Waals surface area contributed by atoms with Crippen LogP contribution < -0.4 is 10.1 Å². The molecule has 1 atom stereocenters. The van der Waals surface area contributed by atoms with Crippen LogP contribution in [-0.2, 0) is 9.53 Å². The Bertz CT molecular complexity index is 998. The Morgan fingerprint density at radius 2 is 1.63 bits per heavy atom. The van der Waals surface area contributed by atoms with Crippen molar-refractivity contribution in [1.29, 1.82) is 0 Å². The standard InChI is InChI=1S/C27H33N3O5/c1-34-21-12-10-20(11-13-21)24(29-15-17-35-18-16-29)19-28-25(31)9-3-2-6-14-30-26(32)22-7-4-5-8-23(22)27(30)33/h4-5,7-8,10-13,24H,2-3,6,9,14-19H2,1H3,(H,28,31)/t24-/m0/s1. The lowest BCUT2D eigenvalue weighted by Gasteiger charge is -2.35. The first-order chi connectivity index (χ1) is 17.1. The van der Waals surface area contributed by atoms with Gasteiger partial charge in [-0.2, -0.15) is 0 Å². The number of ether oxygens (including phenoxy) is 2. The number of imide groups is 1. The summed E-state index contributed by atoms with van der Waals surface area (Å²) in [5, 5.41) is 3.09. The van der Waals surface area contributed by atoms with Crippen molar-refractivity contribution in [3.63, 3.8) is 0 Å². The fraction of sp³-hybridized carbons (Fsp3) is 0.444. The van der Waals surface area contributed by atoms with E-state index in [0.29, 0.717) is 56.7 Å². The molecule has 3 amide bonds. The largest absolute Gasteiger partial charge is 0.497 e. The molecule has 0 aromatic heterocycles. The van der Waals surface area contributed by atoms with E-state index in [1.54, 1.807) is 31.4 Å². The molecule has 8 heteroatoms. The summed E-state index contributed by atoms with van der Waals surface area (Å²) in [4.78, 5) is 41.1. The molecule has 2 aliphatic rings. The summed E-state index contributed by atoms with van der Waals surface area (Å²) in [5.74, 6) is 0.365. The quantitative estimate of drug-likeness (QED) is 0.394. The molecule has 8 nitrogen and oxygen atoms in total. The van der Waals surface area contributed by atoms with Crippen molar-refractivity contribution in [2.75, 3.05) is 46.5 Å². The highest BCUT2D eigenvalue weighted by molar-refractivity contribution is 6.21. The lowest BCUT2D eigenvalue weighted by atomic mass is 10.0. The van der Waals surface area contributed by atoms with Crippen molar-refractivity contribution in [3.8, 4) is 5.75 Å². The maximum absolute atomic E-state index is 12.5. The Morgan fingerprint density at radius 3 is 2.26 bits per heavy atom. The normalized spacial score (nSPS) is 16.8. The molecule has 2 heterocycles. The van der Waals surface area contributed by atoms with Crippen LogP contribution in [0.2, 0.25) is 0 Å². The number of hydrogen-bond donors (Lipinski definition) is 1. The Labute approximate surface area is 206 Å². The second-order valence-corrected chi connectivity index (χ2v) is 8.86. The number of carbonyl (C=O) groups excluding carboxylic acids is 3. The fourth-order valence-corrected chi connectivity index (χ4v) is 4.65. The highest BCUT2D eigenvalue weighted by atomic mass is 16.5. The van der Waals surface area contributed by atoms with Crippen LogP contribution >= 0.6 is 0 Å². The summed E-state index contributed by atoms with van der Waals surface area (Å²) >= 11 is 0. The molecule has 1 N–H and O–H groups in total. The van der Waals surface area contributed by atoms with Gasteiger partial charge in [0.25, 0.3) is 11.8 Å². The Kier molecular flexibility index (Phi) is 8.50. The second-order valence-electron chi connectivity index (χ2n) is 8.86. The van der Waals surface area contributed by atoms with Crippen molar-refractivity contribution in [2.24, 2.45) is 0 Å². The highest BCUT2D eigenvalue weighted by Gasteiger charge is 2.34. The van der Waals surface area contributed by atoms with Crippen LogP contribution in [0.5, 0.6) is 5.75 Å². The molecule has 0 unspecified atom stereocenters. The molecular weight excluding hydrogens is 446 g/mol. The minimum Gasteiger partial charge on any atom is -0.497 e. The molecular formula is C27H33N3O5. The number of carbonyl (C=O) groups is 3. The van der Waals surface area contributed by atoms with E-state index in [4.69, 9.17) is 9.47 Å². The van der Waals surface area contributed by atoms with Gasteiger partial charge in [0.15, 0.2) is 0 Å². The molecule has 186 valence electrons. The summed E-state index contributed by atoms with van der Waals surface area (Å²) in [6, 6.07) is 15.0. The number of nitrogens with zero attached hydrogens (tertiary/aromatic N) is 2. The number of morpholine rings is 1. The van der Waals surface area contributed by atoms with Crippen LogP contribution in [0, 0.1) is 0 Å². The zero-order chi connectivity index (χ0) is 24.6. The predicted molar refractivity (Wildman–Crippen MR) is 131 cm³/mol. The zero-order valence-electron chi connectivity index (χ0n) is 20.2. The molecule has 0 spiro atoms. The van der Waals surface area contributed by atoms with E-state index in [2.05, 4.69) is 10.2 Å². The van der Waals surface area contributed by atoms with E-state index in [9.17, 15) is 14.4 Å². The molecule has 4 rings (SSSR count). The van der Waals surface area contributed by atoms with Crippen molar-refractivity contribution in [3.05, 3.63) is 65.2 Å². The van der Waals surface area contributed by atoms with Gasteiger partial charge >= 0.3 is 0 Å². The number of fused-ring (bicyclic) bond motifs is 1. The van der Waals surface area contributed by atoms with Crippen LogP contribution in [0.4, 0.5) is 0 Å². The molecule has 2 aliphatic heterocycles. The number of rotatable bonds is 11. The number of nitrogens with one attached hydrogen (secondary N) is 1. The molecule has 0 bridgehead atoms. The van der Waals surface area contributed by atoms with E-state index in [1.165, 1.54) is 4.90 Å². The summed E-state index contributed by atoms with van der Waals surface area (Å²) in [5.41, 5.74) is 2.08. The molecule has 0 saturated carbocycles. The monoisotopic (exact) mass is 479 g/mol. The average Bonchev–Trinajstić information content (AvgIpc) is 3.14. The Hall–Kier alpha value is -3.23. The summed E-state index contributed by atoms with van der Waals surface area (Å²) in [6.45, 7) is 3.93. The van der Waals surface area contributed by atoms with Crippen molar-refractivity contribution in [2.45, 2.75) is 31.7 Å². The van der Waals surface area contributed by atoms with Gasteiger partial charge in [-0.25, -0.2) is 0 Å². The zero-order valence-corrected chi connectivity index (χ0v) is 20.2. The first-order valence-corrected chi connectivity index (χ1v) is 12.3. The van der Waals surface area contributed by atoms with E-state index in [-0.39, 0.29) is 23.8 Å². The topological polar surface area (TPSA) is 88.2 Å². The third kappa shape index (κ3) is 6.07. The number of hydrogen-bond acceptors (Lipinski definition) is 6. The Morgan fingerprint density at radius 1 is 0.971 bits per heavy atom. The maximum atomic E-state index is 12.5. The molecule has 0 aliphatic carbocycles. The van der Waals surface area contributed by atoms with Gasteiger partial charge in [0.1, 0.15) is 5.75 Å². The summed E-state index contributed by atoms with van der Waals surface area (Å²) in [6.07, 6.45) is 2.58. The molecule has 1 fully saturated rings. The molecule has 35 heavy (non-hydrogen) atoms. The van der Waals surface area contributed by atoms with E-state index in [0.717, 1.165) is 30.8 Å². The van der Waals surface area contributed by atoms with Gasteiger partial charge in [-0.1, -0.05) is 30.7 Å². The van der Waals surface area contributed by atoms with Crippen molar-refractivity contribution in [1.82, 2.24) is 15.1 Å². The van der Waals surface area contributed by atoms with Crippen molar-refractivity contribution >= 4 is 17.7 Å². The van der Waals surface area contributed by atoms with Gasteiger partial charge in [-0.3, -0.25) is 24.2 Å². The predicted octanol–water partition coefficient (Wildman–Crippen LogP) is 3.04. The lowest BCUT2D eigenvalue weighted by molar-refractivity contribution is -0.121. The molecule has 2 aromatic carbocycles. The minimum atomic E-state index is -0.226. The van der Waals surface area contributed by atoms with Gasteiger partial charge in [0.2, 0.25) is 5.91 Å². The molecule has 1 saturated heterocycles. The summed E-state index contributed by atoms with van der Waals surface area (Å²) < 4.78 is 10.8. The van der Waals surface area contributed by atoms with Gasteiger partial charge in [0, 0.05) is 32.6 Å². The van der Waals surface area contributed by atoms with Crippen LogP contribution in [0.25, 0.3) is 0 Å². The Balaban J connectivity index is 1.21.